The number of hydrogen-bond donors (Lipinski definition) is 1. The normalized spacial score (nSPS) is 15.4. The number of piperidine rings is 1. The lowest BCUT2D eigenvalue weighted by Gasteiger charge is -2.30. The van der Waals surface area contributed by atoms with E-state index in [2.05, 4.69) is 10.3 Å². The van der Waals surface area contributed by atoms with Crippen molar-refractivity contribution in [1.82, 2.24) is 9.29 Å². The highest BCUT2D eigenvalue weighted by Crippen LogP contribution is 2.25. The summed E-state index contributed by atoms with van der Waals surface area (Å²) >= 11 is 1.52. The van der Waals surface area contributed by atoms with Crippen molar-refractivity contribution < 1.29 is 22.7 Å². The SMILES string of the molecule is CCOC(=O)c1ccc(S(=O)(=O)N2CCC(C(=O)Nc3ccc(SC)nc3)CC2)cc1. The number of esters is 1. The highest BCUT2D eigenvalue weighted by molar-refractivity contribution is 7.98. The van der Waals surface area contributed by atoms with Gasteiger partial charge in [-0.2, -0.15) is 4.31 Å². The van der Waals surface area contributed by atoms with E-state index in [9.17, 15) is 18.0 Å². The Balaban J connectivity index is 1.58. The molecular weight excluding hydrogens is 438 g/mol. The van der Waals surface area contributed by atoms with E-state index < -0.39 is 16.0 Å². The van der Waals surface area contributed by atoms with Crippen LogP contribution < -0.4 is 5.32 Å². The number of nitrogens with zero attached hydrogens (tertiary/aromatic N) is 2. The Labute approximate surface area is 186 Å². The maximum Gasteiger partial charge on any atom is 0.338 e. The van der Waals surface area contributed by atoms with Gasteiger partial charge in [-0.05, 0) is 62.4 Å². The highest BCUT2D eigenvalue weighted by Gasteiger charge is 2.32. The second kappa shape index (κ2) is 10.3. The molecule has 1 aromatic heterocycles. The van der Waals surface area contributed by atoms with E-state index in [-0.39, 0.29) is 36.4 Å². The quantitative estimate of drug-likeness (QED) is 0.497. The minimum absolute atomic E-state index is 0.114. The van der Waals surface area contributed by atoms with Gasteiger partial charge in [-0.25, -0.2) is 18.2 Å². The summed E-state index contributed by atoms with van der Waals surface area (Å²) in [5.41, 5.74) is 0.927. The van der Waals surface area contributed by atoms with Gasteiger partial charge >= 0.3 is 5.97 Å². The number of aromatic nitrogens is 1. The number of ether oxygens (including phenoxy) is 1. The largest absolute Gasteiger partial charge is 0.462 e. The van der Waals surface area contributed by atoms with Gasteiger partial charge in [0.25, 0.3) is 0 Å². The molecule has 1 amide bonds. The minimum atomic E-state index is -3.70. The zero-order valence-electron chi connectivity index (χ0n) is 17.4. The maximum absolute atomic E-state index is 12.9. The molecule has 0 radical (unpaired) electrons. The molecule has 10 heteroatoms. The Hall–Kier alpha value is -2.43. The van der Waals surface area contributed by atoms with Gasteiger partial charge in [0.15, 0.2) is 0 Å². The number of sulfonamides is 1. The molecule has 31 heavy (non-hydrogen) atoms. The summed E-state index contributed by atoms with van der Waals surface area (Å²) in [6, 6.07) is 9.35. The van der Waals surface area contributed by atoms with Crippen molar-refractivity contribution in [3.05, 3.63) is 48.2 Å². The van der Waals surface area contributed by atoms with Gasteiger partial charge in [0.2, 0.25) is 15.9 Å². The minimum Gasteiger partial charge on any atom is -0.462 e. The fraction of sp³-hybridized carbons (Fsp3) is 0.381. The topological polar surface area (TPSA) is 106 Å². The molecule has 1 aliphatic heterocycles. The van der Waals surface area contributed by atoms with Crippen molar-refractivity contribution in [3.8, 4) is 0 Å². The van der Waals surface area contributed by atoms with Crippen LogP contribution in [0.25, 0.3) is 0 Å². The van der Waals surface area contributed by atoms with Crippen LogP contribution >= 0.6 is 11.8 Å². The van der Waals surface area contributed by atoms with Gasteiger partial charge in [-0.15, -0.1) is 11.8 Å². The molecule has 8 nitrogen and oxygen atoms in total. The van der Waals surface area contributed by atoms with E-state index in [0.29, 0.717) is 24.1 Å². The van der Waals surface area contributed by atoms with E-state index in [1.165, 1.54) is 40.3 Å². The number of carbonyl (C=O) groups is 2. The molecule has 1 saturated heterocycles. The van der Waals surface area contributed by atoms with Crippen LogP contribution in [0.4, 0.5) is 5.69 Å². The van der Waals surface area contributed by atoms with Gasteiger partial charge < -0.3 is 10.1 Å². The standard InChI is InChI=1S/C21H25N3O5S2/c1-3-29-21(26)16-4-7-18(8-5-16)31(27,28)24-12-10-15(11-13-24)20(25)23-17-6-9-19(30-2)22-14-17/h4-9,14-15H,3,10-13H2,1-2H3,(H,23,25). The number of thioether (sulfide) groups is 1. The summed E-state index contributed by atoms with van der Waals surface area (Å²) in [5.74, 6) is -0.885. The lowest BCUT2D eigenvalue weighted by molar-refractivity contribution is -0.120. The fourth-order valence-electron chi connectivity index (χ4n) is 3.30. The lowest BCUT2D eigenvalue weighted by Crippen LogP contribution is -2.41. The fourth-order valence-corrected chi connectivity index (χ4v) is 5.14. The Morgan fingerprint density at radius 1 is 1.16 bits per heavy atom. The molecule has 0 aliphatic carbocycles. The van der Waals surface area contributed by atoms with Crippen LogP contribution in [-0.4, -0.2) is 55.5 Å². The zero-order valence-corrected chi connectivity index (χ0v) is 19.0. The molecular formula is C21H25N3O5S2. The van der Waals surface area contributed by atoms with Crippen LogP contribution in [0.15, 0.2) is 52.5 Å². The molecule has 0 saturated carbocycles. The van der Waals surface area contributed by atoms with Crippen LogP contribution in [0.1, 0.15) is 30.1 Å². The zero-order chi connectivity index (χ0) is 22.4. The second-order valence-electron chi connectivity index (χ2n) is 7.00. The first kappa shape index (κ1) is 23.2. The van der Waals surface area contributed by atoms with Gasteiger partial charge in [-0.3, -0.25) is 4.79 Å². The van der Waals surface area contributed by atoms with E-state index in [0.717, 1.165) is 5.03 Å². The van der Waals surface area contributed by atoms with Gasteiger partial charge in [-0.1, -0.05) is 0 Å². The third-order valence-corrected chi connectivity index (χ3v) is 7.61. The molecule has 0 spiro atoms. The van der Waals surface area contributed by atoms with Crippen LogP contribution in [0, 0.1) is 5.92 Å². The first-order valence-electron chi connectivity index (χ1n) is 9.93. The second-order valence-corrected chi connectivity index (χ2v) is 9.77. The Morgan fingerprint density at radius 2 is 1.84 bits per heavy atom. The average Bonchev–Trinajstić information content (AvgIpc) is 2.80. The average molecular weight is 464 g/mol. The summed E-state index contributed by atoms with van der Waals surface area (Å²) in [6.07, 6.45) is 4.41. The first-order valence-corrected chi connectivity index (χ1v) is 12.6. The van der Waals surface area contributed by atoms with Crippen molar-refractivity contribution in [1.29, 1.82) is 0 Å². The number of pyridine rings is 1. The molecule has 0 atom stereocenters. The molecule has 1 fully saturated rings. The molecule has 1 aromatic carbocycles. The molecule has 166 valence electrons. The molecule has 1 N–H and O–H groups in total. The predicted molar refractivity (Wildman–Crippen MR) is 119 cm³/mol. The summed E-state index contributed by atoms with van der Waals surface area (Å²) < 4.78 is 32.1. The highest BCUT2D eigenvalue weighted by atomic mass is 32.2. The Bertz CT molecular complexity index is 1020. The lowest BCUT2D eigenvalue weighted by atomic mass is 9.97. The molecule has 3 rings (SSSR count). The Morgan fingerprint density at radius 3 is 2.39 bits per heavy atom. The molecule has 1 aliphatic rings. The van der Waals surface area contributed by atoms with E-state index >= 15 is 0 Å². The van der Waals surface area contributed by atoms with Crippen molar-refractivity contribution in [2.24, 2.45) is 5.92 Å². The number of amides is 1. The summed E-state index contributed by atoms with van der Waals surface area (Å²) in [6.45, 7) is 2.47. The van der Waals surface area contributed by atoms with Gasteiger partial charge in [0, 0.05) is 19.0 Å². The van der Waals surface area contributed by atoms with Crippen LogP contribution in [0.5, 0.6) is 0 Å². The molecule has 0 unspecified atom stereocenters. The van der Waals surface area contributed by atoms with E-state index in [1.807, 2.05) is 12.3 Å². The number of benzene rings is 1. The summed E-state index contributed by atoms with van der Waals surface area (Å²) in [5, 5.41) is 3.72. The number of nitrogens with one attached hydrogen (secondary N) is 1. The smallest absolute Gasteiger partial charge is 0.338 e. The number of anilines is 1. The van der Waals surface area contributed by atoms with Crippen molar-refractivity contribution in [3.63, 3.8) is 0 Å². The van der Waals surface area contributed by atoms with E-state index in [1.54, 1.807) is 19.2 Å². The van der Waals surface area contributed by atoms with Crippen LogP contribution in [-0.2, 0) is 19.6 Å². The molecule has 2 aromatic rings. The van der Waals surface area contributed by atoms with Gasteiger partial charge in [0.1, 0.15) is 0 Å². The number of carbonyl (C=O) groups excluding carboxylic acids is 2. The van der Waals surface area contributed by atoms with E-state index in [4.69, 9.17) is 4.74 Å². The summed E-state index contributed by atoms with van der Waals surface area (Å²) in [7, 11) is -3.70. The van der Waals surface area contributed by atoms with Gasteiger partial charge in [0.05, 0.1) is 34.0 Å². The monoisotopic (exact) mass is 463 g/mol. The first-order chi connectivity index (χ1) is 14.8. The third-order valence-electron chi connectivity index (χ3n) is 5.04. The van der Waals surface area contributed by atoms with Crippen molar-refractivity contribution >= 4 is 39.3 Å². The van der Waals surface area contributed by atoms with Crippen LogP contribution in [0.2, 0.25) is 0 Å². The van der Waals surface area contributed by atoms with Crippen molar-refractivity contribution in [2.45, 2.75) is 29.7 Å². The predicted octanol–water partition coefficient (Wildman–Crippen LogP) is 3.02. The maximum atomic E-state index is 12.9. The molecule has 2 heterocycles. The van der Waals surface area contributed by atoms with Crippen LogP contribution in [0.3, 0.4) is 0 Å². The number of hydrogen-bond acceptors (Lipinski definition) is 7. The van der Waals surface area contributed by atoms with Crippen molar-refractivity contribution in [2.75, 3.05) is 31.3 Å². The Kier molecular flexibility index (Phi) is 7.69. The molecule has 0 bridgehead atoms. The summed E-state index contributed by atoms with van der Waals surface area (Å²) in [4.78, 5) is 28.6. The third kappa shape index (κ3) is 5.63. The number of rotatable bonds is 7.